The smallest absolute Gasteiger partial charge is 0.123 e. The summed E-state index contributed by atoms with van der Waals surface area (Å²) in [6.45, 7) is 2.46. The quantitative estimate of drug-likeness (QED) is 0.926. The van der Waals surface area contributed by atoms with E-state index in [4.69, 9.17) is 10.5 Å². The highest BCUT2D eigenvalue weighted by Crippen LogP contribution is 2.35. The molecule has 1 unspecified atom stereocenters. The van der Waals surface area contributed by atoms with Crippen molar-refractivity contribution in [2.45, 2.75) is 19.1 Å². The van der Waals surface area contributed by atoms with Crippen LogP contribution >= 0.6 is 0 Å². The number of hydrogen-bond acceptors (Lipinski definition) is 3. The van der Waals surface area contributed by atoms with E-state index in [1.54, 1.807) is 7.11 Å². The zero-order chi connectivity index (χ0) is 13.9. The molecule has 20 heavy (non-hydrogen) atoms. The van der Waals surface area contributed by atoms with Crippen molar-refractivity contribution in [1.82, 2.24) is 4.90 Å². The SMILES string of the molecule is COc1ccccc1CN1Cc2ccccc2C1CN. The lowest BCUT2D eigenvalue weighted by atomic mass is 10.1. The number of nitrogens with zero attached hydrogens (tertiary/aromatic N) is 1. The van der Waals surface area contributed by atoms with Gasteiger partial charge in [-0.25, -0.2) is 0 Å². The molecule has 0 spiro atoms. The molecule has 0 saturated heterocycles. The molecule has 3 nitrogen and oxygen atoms in total. The lowest BCUT2D eigenvalue weighted by Gasteiger charge is -2.24. The van der Waals surface area contributed by atoms with Crippen LogP contribution in [0.4, 0.5) is 0 Å². The fourth-order valence-corrected chi connectivity index (χ4v) is 3.02. The van der Waals surface area contributed by atoms with Gasteiger partial charge in [0.25, 0.3) is 0 Å². The Labute approximate surface area is 120 Å². The number of benzene rings is 2. The molecular weight excluding hydrogens is 248 g/mol. The van der Waals surface area contributed by atoms with Gasteiger partial charge in [-0.1, -0.05) is 42.5 Å². The third kappa shape index (κ3) is 2.30. The van der Waals surface area contributed by atoms with E-state index in [0.29, 0.717) is 12.6 Å². The van der Waals surface area contributed by atoms with Crippen LogP contribution in [0.3, 0.4) is 0 Å². The minimum Gasteiger partial charge on any atom is -0.496 e. The summed E-state index contributed by atoms with van der Waals surface area (Å²) in [4.78, 5) is 2.42. The molecular formula is C17H20N2O. The molecule has 0 aromatic heterocycles. The highest BCUT2D eigenvalue weighted by molar-refractivity contribution is 5.37. The molecule has 1 aliphatic heterocycles. The highest BCUT2D eigenvalue weighted by Gasteiger charge is 2.28. The van der Waals surface area contributed by atoms with Crippen molar-refractivity contribution in [1.29, 1.82) is 0 Å². The van der Waals surface area contributed by atoms with E-state index in [9.17, 15) is 0 Å². The number of hydrogen-bond donors (Lipinski definition) is 1. The van der Waals surface area contributed by atoms with E-state index in [0.717, 1.165) is 18.8 Å². The average molecular weight is 268 g/mol. The number of ether oxygens (including phenoxy) is 1. The number of methoxy groups -OCH3 is 1. The summed E-state index contributed by atoms with van der Waals surface area (Å²) in [5.74, 6) is 0.944. The van der Waals surface area contributed by atoms with Crippen molar-refractivity contribution in [3.63, 3.8) is 0 Å². The van der Waals surface area contributed by atoms with Gasteiger partial charge < -0.3 is 10.5 Å². The summed E-state index contributed by atoms with van der Waals surface area (Å²) in [7, 11) is 1.72. The Kier molecular flexibility index (Phi) is 3.72. The second-order valence-electron chi connectivity index (χ2n) is 5.17. The largest absolute Gasteiger partial charge is 0.496 e. The first-order valence-corrected chi connectivity index (χ1v) is 6.97. The Morgan fingerprint density at radius 1 is 1.15 bits per heavy atom. The van der Waals surface area contributed by atoms with Gasteiger partial charge in [-0.15, -0.1) is 0 Å². The van der Waals surface area contributed by atoms with Crippen molar-refractivity contribution in [3.8, 4) is 5.75 Å². The monoisotopic (exact) mass is 268 g/mol. The van der Waals surface area contributed by atoms with Crippen LogP contribution in [0.5, 0.6) is 5.75 Å². The zero-order valence-electron chi connectivity index (χ0n) is 11.8. The standard InChI is InChI=1S/C17H20N2O/c1-20-17-9-5-3-7-14(17)12-19-11-13-6-2-4-8-15(13)16(19)10-18/h2-9,16H,10-12,18H2,1H3. The molecule has 0 bridgehead atoms. The van der Waals surface area contributed by atoms with Gasteiger partial charge in [-0.3, -0.25) is 4.90 Å². The lowest BCUT2D eigenvalue weighted by molar-refractivity contribution is 0.208. The predicted molar refractivity (Wildman–Crippen MR) is 80.5 cm³/mol. The Balaban J connectivity index is 1.86. The minimum absolute atomic E-state index is 0.302. The van der Waals surface area contributed by atoms with E-state index in [1.165, 1.54) is 16.7 Å². The number of nitrogens with two attached hydrogens (primary N) is 1. The second kappa shape index (κ2) is 5.65. The van der Waals surface area contributed by atoms with Crippen molar-refractivity contribution in [3.05, 3.63) is 65.2 Å². The summed E-state index contributed by atoms with van der Waals surface area (Å²) in [6, 6.07) is 17.1. The highest BCUT2D eigenvalue weighted by atomic mass is 16.5. The first kappa shape index (κ1) is 13.2. The first-order chi connectivity index (χ1) is 9.83. The van der Waals surface area contributed by atoms with Gasteiger partial charge in [0, 0.05) is 31.2 Å². The zero-order valence-corrected chi connectivity index (χ0v) is 11.8. The van der Waals surface area contributed by atoms with Gasteiger partial charge in [0.2, 0.25) is 0 Å². The first-order valence-electron chi connectivity index (χ1n) is 6.97. The summed E-state index contributed by atoms with van der Waals surface area (Å²) in [5, 5.41) is 0. The van der Waals surface area contributed by atoms with Crippen LogP contribution in [-0.2, 0) is 13.1 Å². The molecule has 3 rings (SSSR count). The molecule has 0 amide bonds. The molecule has 2 N–H and O–H groups in total. The van der Waals surface area contributed by atoms with Crippen LogP contribution in [-0.4, -0.2) is 18.6 Å². The fourth-order valence-electron chi connectivity index (χ4n) is 3.02. The number of rotatable bonds is 4. The van der Waals surface area contributed by atoms with Crippen LogP contribution in [0, 0.1) is 0 Å². The Morgan fingerprint density at radius 3 is 2.70 bits per heavy atom. The maximum atomic E-state index is 5.99. The van der Waals surface area contributed by atoms with Gasteiger partial charge >= 0.3 is 0 Å². The fraction of sp³-hybridized carbons (Fsp3) is 0.294. The third-order valence-electron chi connectivity index (χ3n) is 4.02. The topological polar surface area (TPSA) is 38.5 Å². The summed E-state index contributed by atoms with van der Waals surface area (Å²) >= 11 is 0. The van der Waals surface area contributed by atoms with Crippen molar-refractivity contribution in [2.24, 2.45) is 5.73 Å². The molecule has 2 aromatic rings. The van der Waals surface area contributed by atoms with Crippen LogP contribution in [0.15, 0.2) is 48.5 Å². The van der Waals surface area contributed by atoms with Crippen LogP contribution in [0.1, 0.15) is 22.7 Å². The van der Waals surface area contributed by atoms with E-state index in [-0.39, 0.29) is 0 Å². The van der Waals surface area contributed by atoms with Crippen LogP contribution in [0.25, 0.3) is 0 Å². The molecule has 1 atom stereocenters. The van der Waals surface area contributed by atoms with E-state index in [2.05, 4.69) is 41.3 Å². The van der Waals surface area contributed by atoms with Gasteiger partial charge in [0.05, 0.1) is 7.11 Å². The molecule has 0 aliphatic carbocycles. The van der Waals surface area contributed by atoms with Gasteiger partial charge in [-0.05, 0) is 17.2 Å². The van der Waals surface area contributed by atoms with E-state index >= 15 is 0 Å². The van der Waals surface area contributed by atoms with E-state index < -0.39 is 0 Å². The maximum Gasteiger partial charge on any atom is 0.123 e. The van der Waals surface area contributed by atoms with Crippen LogP contribution < -0.4 is 10.5 Å². The summed E-state index contributed by atoms with van der Waals surface area (Å²) in [5.41, 5.74) is 9.95. The van der Waals surface area contributed by atoms with Gasteiger partial charge in [0.15, 0.2) is 0 Å². The summed E-state index contributed by atoms with van der Waals surface area (Å²) < 4.78 is 5.44. The number of fused-ring (bicyclic) bond motifs is 1. The number of para-hydroxylation sites is 1. The second-order valence-corrected chi connectivity index (χ2v) is 5.17. The van der Waals surface area contributed by atoms with Crippen molar-refractivity contribution in [2.75, 3.05) is 13.7 Å². The van der Waals surface area contributed by atoms with Gasteiger partial charge in [-0.2, -0.15) is 0 Å². The molecule has 2 aromatic carbocycles. The Hall–Kier alpha value is -1.84. The molecule has 1 heterocycles. The molecule has 1 aliphatic rings. The average Bonchev–Trinajstić information content (AvgIpc) is 2.85. The molecule has 0 radical (unpaired) electrons. The minimum atomic E-state index is 0.302. The van der Waals surface area contributed by atoms with Crippen molar-refractivity contribution >= 4 is 0 Å². The lowest BCUT2D eigenvalue weighted by Crippen LogP contribution is -2.27. The van der Waals surface area contributed by atoms with Crippen molar-refractivity contribution < 1.29 is 4.74 Å². The molecule has 104 valence electrons. The normalized spacial score (nSPS) is 18.0. The molecule has 0 saturated carbocycles. The summed E-state index contributed by atoms with van der Waals surface area (Å²) in [6.07, 6.45) is 0. The van der Waals surface area contributed by atoms with Gasteiger partial charge in [0.1, 0.15) is 5.75 Å². The predicted octanol–water partition coefficient (Wildman–Crippen LogP) is 2.71. The Morgan fingerprint density at radius 2 is 1.90 bits per heavy atom. The molecule has 0 fully saturated rings. The maximum absolute atomic E-state index is 5.99. The van der Waals surface area contributed by atoms with Crippen LogP contribution in [0.2, 0.25) is 0 Å². The van der Waals surface area contributed by atoms with E-state index in [1.807, 2.05) is 12.1 Å². The molecule has 3 heteroatoms. The third-order valence-corrected chi connectivity index (χ3v) is 4.02. The Bertz CT molecular complexity index is 597.